The summed E-state index contributed by atoms with van der Waals surface area (Å²) in [6.45, 7) is 0. The van der Waals surface area contributed by atoms with Crippen molar-refractivity contribution in [1.29, 1.82) is 0 Å². The average molecular weight is 882 g/mol. The number of fused-ring (bicyclic) bond motifs is 9. The molecule has 0 atom stereocenters. The van der Waals surface area contributed by atoms with Gasteiger partial charge in [-0.1, -0.05) is 127 Å². The van der Waals surface area contributed by atoms with Crippen LogP contribution in [0.2, 0.25) is 0 Å². The number of furan rings is 1. The molecule has 0 aliphatic rings. The topological polar surface area (TPSA) is 22.9 Å². The van der Waals surface area contributed by atoms with Gasteiger partial charge in [0.15, 0.2) is 5.58 Å². The first-order valence-electron chi connectivity index (χ1n) is 22.2. The molecule has 13 aromatic rings. The van der Waals surface area contributed by atoms with Crippen molar-refractivity contribution in [3.63, 3.8) is 0 Å². The second-order valence-corrected chi connectivity index (χ2v) is 18.7. The number of rotatable bonds is 9. The fraction of sp³-hybridized carbons (Fsp3) is 0. The maximum Gasteiger partial charge on any atom is 0.159 e. The van der Waals surface area contributed by atoms with E-state index in [1.165, 1.54) is 40.3 Å². The maximum atomic E-state index is 6.62. The van der Waals surface area contributed by atoms with Crippen LogP contribution >= 0.6 is 22.7 Å². The number of hydrogen-bond donors (Lipinski definition) is 0. The highest BCUT2D eigenvalue weighted by Gasteiger charge is 2.24. The number of thiophene rings is 2. The Kier molecular flexibility index (Phi) is 9.18. The van der Waals surface area contributed by atoms with Gasteiger partial charge in [-0.2, -0.15) is 0 Å². The molecule has 6 heteroatoms. The summed E-state index contributed by atoms with van der Waals surface area (Å²) in [5.41, 5.74) is 11.5. The van der Waals surface area contributed by atoms with E-state index in [2.05, 4.69) is 239 Å². The van der Waals surface area contributed by atoms with Crippen molar-refractivity contribution >= 4 is 136 Å². The van der Waals surface area contributed by atoms with Gasteiger partial charge >= 0.3 is 0 Å². The molecule has 0 saturated heterocycles. The van der Waals surface area contributed by atoms with Crippen LogP contribution in [0, 0.1) is 0 Å². The standard InChI is InChI=1S/C60H39N3OS2/c1-5-18-40(19-6-1)61(46-37-53(59-50-27-14-16-31-55(50)66-58(59)39-46)62(41-20-7-2-8-21-41)42-22-9-3-10-23-42)45-32-34-48-51-36-44(33-35-56(51)65-57(48)38-45)63(43-24-11-4-12-25-43)52-29-17-28-49-47-26-13-15-30-54(47)64-60(49)52/h1-39H. The van der Waals surface area contributed by atoms with Gasteiger partial charge in [-0.05, 0) is 109 Å². The maximum absolute atomic E-state index is 6.62. The highest BCUT2D eigenvalue weighted by atomic mass is 32.1. The SMILES string of the molecule is c1ccc(N(c2ccc3c(c2)sc2ccc(N(c4ccccc4)c4cccc5c4oc4ccccc45)cc23)c2cc(N(c3ccccc3)c3ccccc3)c3c(c2)sc2ccccc23)cc1. The Bertz CT molecular complexity index is 3860. The zero-order valence-corrected chi connectivity index (χ0v) is 37.2. The number of anilines is 9. The molecule has 10 aromatic carbocycles. The lowest BCUT2D eigenvalue weighted by molar-refractivity contribution is 0.669. The minimum absolute atomic E-state index is 0.871. The van der Waals surface area contributed by atoms with E-state index in [9.17, 15) is 0 Å². The van der Waals surface area contributed by atoms with Crippen LogP contribution in [0.3, 0.4) is 0 Å². The third kappa shape index (κ3) is 6.41. The van der Waals surface area contributed by atoms with Crippen molar-refractivity contribution in [3.8, 4) is 0 Å². The van der Waals surface area contributed by atoms with Gasteiger partial charge in [0.05, 0.1) is 11.4 Å². The molecule has 0 unspecified atom stereocenters. The third-order valence-electron chi connectivity index (χ3n) is 12.6. The van der Waals surface area contributed by atoms with Crippen LogP contribution in [-0.2, 0) is 0 Å². The van der Waals surface area contributed by atoms with Crippen LogP contribution in [0.5, 0.6) is 0 Å². The van der Waals surface area contributed by atoms with Crippen molar-refractivity contribution in [1.82, 2.24) is 0 Å². The minimum atomic E-state index is 0.871. The summed E-state index contributed by atoms with van der Waals surface area (Å²) in [6.07, 6.45) is 0. The lowest BCUT2D eigenvalue weighted by Crippen LogP contribution is -2.13. The first kappa shape index (κ1) is 38.3. The van der Waals surface area contributed by atoms with E-state index in [1.807, 2.05) is 34.8 Å². The predicted octanol–water partition coefficient (Wildman–Crippen LogP) is 18.7. The van der Waals surface area contributed by atoms with Gasteiger partial charge in [0.25, 0.3) is 0 Å². The van der Waals surface area contributed by atoms with Crippen molar-refractivity contribution in [3.05, 3.63) is 237 Å². The van der Waals surface area contributed by atoms with E-state index in [-0.39, 0.29) is 0 Å². The normalized spacial score (nSPS) is 11.6. The van der Waals surface area contributed by atoms with E-state index in [1.54, 1.807) is 0 Å². The molecular weight excluding hydrogens is 843 g/mol. The van der Waals surface area contributed by atoms with Gasteiger partial charge in [0.1, 0.15) is 5.58 Å². The monoisotopic (exact) mass is 881 g/mol. The second kappa shape index (κ2) is 15.8. The summed E-state index contributed by atoms with van der Waals surface area (Å²) in [5, 5.41) is 7.17. The van der Waals surface area contributed by atoms with E-state index >= 15 is 0 Å². The molecule has 0 amide bonds. The van der Waals surface area contributed by atoms with Crippen LogP contribution in [0.25, 0.3) is 62.3 Å². The van der Waals surface area contributed by atoms with E-state index in [0.29, 0.717) is 0 Å². The van der Waals surface area contributed by atoms with Crippen LogP contribution < -0.4 is 14.7 Å². The van der Waals surface area contributed by atoms with Crippen LogP contribution in [0.1, 0.15) is 0 Å². The van der Waals surface area contributed by atoms with Gasteiger partial charge in [0.2, 0.25) is 0 Å². The van der Waals surface area contributed by atoms with E-state index in [4.69, 9.17) is 4.42 Å². The molecule has 0 fully saturated rings. The Labute approximate surface area is 389 Å². The van der Waals surface area contributed by atoms with Gasteiger partial charge in [0, 0.05) is 90.9 Å². The number of nitrogens with zero attached hydrogens (tertiary/aromatic N) is 3. The molecule has 0 N–H and O–H groups in total. The molecule has 0 bridgehead atoms. The summed E-state index contributed by atoms with van der Waals surface area (Å²) < 4.78 is 11.6. The molecule has 0 aliphatic heterocycles. The van der Waals surface area contributed by atoms with Crippen molar-refractivity contribution < 1.29 is 4.42 Å². The molecule has 0 aliphatic carbocycles. The van der Waals surface area contributed by atoms with Gasteiger partial charge < -0.3 is 19.1 Å². The number of hydrogen-bond acceptors (Lipinski definition) is 6. The first-order chi connectivity index (χ1) is 32.7. The molecule has 13 rings (SSSR count). The minimum Gasteiger partial charge on any atom is -0.454 e. The molecule has 0 spiro atoms. The molecular formula is C60H39N3OS2. The summed E-state index contributed by atoms with van der Waals surface area (Å²) in [7, 11) is 0. The summed E-state index contributed by atoms with van der Waals surface area (Å²) >= 11 is 3.69. The molecule has 312 valence electrons. The predicted molar refractivity (Wildman–Crippen MR) is 284 cm³/mol. The van der Waals surface area contributed by atoms with Gasteiger partial charge in [-0.25, -0.2) is 0 Å². The fourth-order valence-corrected chi connectivity index (χ4v) is 12.0. The fourth-order valence-electron chi connectivity index (χ4n) is 9.67. The highest BCUT2D eigenvalue weighted by Crippen LogP contribution is 2.50. The van der Waals surface area contributed by atoms with Crippen molar-refractivity contribution in [2.75, 3.05) is 14.7 Å². The Balaban J connectivity index is 0.987. The van der Waals surface area contributed by atoms with Crippen LogP contribution in [0.15, 0.2) is 241 Å². The zero-order chi connectivity index (χ0) is 43.6. The van der Waals surface area contributed by atoms with E-state index < -0.39 is 0 Å². The highest BCUT2D eigenvalue weighted by molar-refractivity contribution is 7.26. The zero-order valence-electron chi connectivity index (χ0n) is 35.6. The third-order valence-corrected chi connectivity index (χ3v) is 14.8. The molecule has 3 aromatic heterocycles. The number of benzene rings is 10. The Morgan fingerprint density at radius 1 is 0.273 bits per heavy atom. The lowest BCUT2D eigenvalue weighted by atomic mass is 10.1. The first-order valence-corrected chi connectivity index (χ1v) is 23.8. The average Bonchev–Trinajstić information content (AvgIpc) is 4.07. The molecule has 0 radical (unpaired) electrons. The smallest absolute Gasteiger partial charge is 0.159 e. The molecule has 0 saturated carbocycles. The molecule has 66 heavy (non-hydrogen) atoms. The lowest BCUT2D eigenvalue weighted by Gasteiger charge is -2.30. The van der Waals surface area contributed by atoms with Crippen LogP contribution in [0.4, 0.5) is 51.2 Å². The van der Waals surface area contributed by atoms with Gasteiger partial charge in [-0.15, -0.1) is 22.7 Å². The van der Waals surface area contributed by atoms with Crippen LogP contribution in [-0.4, -0.2) is 0 Å². The summed E-state index contributed by atoms with van der Waals surface area (Å²) in [5.74, 6) is 0. The Hall–Kier alpha value is -8.16. The number of para-hydroxylation sites is 6. The summed E-state index contributed by atoms with van der Waals surface area (Å²) in [6, 6.07) is 85.0. The summed E-state index contributed by atoms with van der Waals surface area (Å²) in [4.78, 5) is 7.16. The molecule has 4 nitrogen and oxygen atoms in total. The largest absolute Gasteiger partial charge is 0.454 e. The Morgan fingerprint density at radius 3 is 1.48 bits per heavy atom. The van der Waals surface area contributed by atoms with Crippen molar-refractivity contribution in [2.24, 2.45) is 0 Å². The van der Waals surface area contributed by atoms with Gasteiger partial charge in [-0.3, -0.25) is 0 Å². The second-order valence-electron chi connectivity index (χ2n) is 16.5. The quantitative estimate of drug-likeness (QED) is 0.144. The molecule has 3 heterocycles. The van der Waals surface area contributed by atoms with Crippen molar-refractivity contribution in [2.45, 2.75) is 0 Å². The van der Waals surface area contributed by atoms with E-state index in [0.717, 1.165) is 73.1 Å². The Morgan fingerprint density at radius 2 is 0.788 bits per heavy atom.